The zero-order valence-electron chi connectivity index (χ0n) is 14.3. The fraction of sp³-hybridized carbons (Fsp3) is 0.235. The van der Waals surface area contributed by atoms with Gasteiger partial charge in [-0.2, -0.15) is 5.10 Å². The average Bonchev–Trinajstić information content (AvgIpc) is 3.12. The third-order valence-corrected chi connectivity index (χ3v) is 5.61. The fourth-order valence-electron chi connectivity index (χ4n) is 3.41. The molecule has 26 heavy (non-hydrogen) atoms. The average molecular weight is 371 g/mol. The van der Waals surface area contributed by atoms with E-state index in [0.29, 0.717) is 12.2 Å². The molecule has 0 fully saturated rings. The van der Waals surface area contributed by atoms with Crippen LogP contribution in [-0.4, -0.2) is 35.5 Å². The highest BCUT2D eigenvalue weighted by atomic mass is 32.2. The molecule has 2 aromatic heterocycles. The number of fused-ring (bicyclic) bond motifs is 2. The zero-order chi connectivity index (χ0) is 18.6. The molecule has 1 aliphatic heterocycles. The summed E-state index contributed by atoms with van der Waals surface area (Å²) in [5, 5.41) is 9.48. The van der Waals surface area contributed by atoms with Crippen molar-refractivity contribution in [1.82, 2.24) is 14.6 Å². The molecule has 0 unspecified atom stereocenters. The van der Waals surface area contributed by atoms with Crippen LogP contribution in [0.15, 0.2) is 35.5 Å². The molecule has 0 radical (unpaired) electrons. The van der Waals surface area contributed by atoms with Gasteiger partial charge >= 0.3 is 0 Å². The highest BCUT2D eigenvalue weighted by molar-refractivity contribution is 7.89. The highest BCUT2D eigenvalue weighted by Gasteiger charge is 2.23. The minimum absolute atomic E-state index is 0.0297. The van der Waals surface area contributed by atoms with Crippen LogP contribution in [0.5, 0.6) is 0 Å². The molecule has 2 N–H and O–H groups in total. The summed E-state index contributed by atoms with van der Waals surface area (Å²) in [6, 6.07) is 5.87. The van der Waals surface area contributed by atoms with Crippen LogP contribution in [0.1, 0.15) is 18.2 Å². The number of anilines is 1. The van der Waals surface area contributed by atoms with Gasteiger partial charge in [0.2, 0.25) is 15.9 Å². The first kappa shape index (κ1) is 16.7. The minimum atomic E-state index is -3.90. The molecule has 1 aliphatic rings. The summed E-state index contributed by atoms with van der Waals surface area (Å²) in [5.74, 6) is 0.0297. The van der Waals surface area contributed by atoms with Gasteiger partial charge in [-0.25, -0.2) is 23.1 Å². The van der Waals surface area contributed by atoms with Crippen LogP contribution in [-0.2, 0) is 21.2 Å². The van der Waals surface area contributed by atoms with E-state index in [1.165, 1.54) is 4.52 Å². The molecule has 0 saturated heterocycles. The largest absolute Gasteiger partial charge is 0.312 e. The molecule has 0 spiro atoms. The number of amides is 1. The van der Waals surface area contributed by atoms with Crippen molar-refractivity contribution in [3.05, 3.63) is 41.9 Å². The van der Waals surface area contributed by atoms with Crippen molar-refractivity contribution < 1.29 is 13.2 Å². The third kappa shape index (κ3) is 2.56. The van der Waals surface area contributed by atoms with E-state index in [-0.39, 0.29) is 16.4 Å². The summed E-state index contributed by atoms with van der Waals surface area (Å²) >= 11 is 0. The van der Waals surface area contributed by atoms with Gasteiger partial charge in [-0.1, -0.05) is 6.07 Å². The van der Waals surface area contributed by atoms with Crippen molar-refractivity contribution in [2.24, 2.45) is 5.14 Å². The number of aryl methyl sites for hydroxylation is 1. The topological polar surface area (TPSA) is 111 Å². The van der Waals surface area contributed by atoms with E-state index in [2.05, 4.69) is 10.1 Å². The van der Waals surface area contributed by atoms with Crippen LogP contribution in [0, 0.1) is 6.92 Å². The van der Waals surface area contributed by atoms with E-state index in [1.807, 2.05) is 18.2 Å². The first-order valence-corrected chi connectivity index (χ1v) is 9.59. The Morgan fingerprint density at radius 3 is 2.73 bits per heavy atom. The summed E-state index contributed by atoms with van der Waals surface area (Å²) in [6.07, 6.45) is 4.13. The van der Waals surface area contributed by atoms with Crippen LogP contribution >= 0.6 is 0 Å². The number of hydrogen-bond acceptors (Lipinski definition) is 5. The molecule has 4 rings (SSSR count). The van der Waals surface area contributed by atoms with Crippen LogP contribution in [0.4, 0.5) is 5.69 Å². The van der Waals surface area contributed by atoms with Gasteiger partial charge in [0.25, 0.3) is 0 Å². The van der Waals surface area contributed by atoms with Gasteiger partial charge in [0.1, 0.15) is 4.90 Å². The van der Waals surface area contributed by atoms with E-state index in [4.69, 9.17) is 5.14 Å². The Morgan fingerprint density at radius 2 is 2.04 bits per heavy atom. The maximum absolute atomic E-state index is 11.7. The van der Waals surface area contributed by atoms with E-state index in [9.17, 15) is 13.2 Å². The molecule has 134 valence electrons. The lowest BCUT2D eigenvalue weighted by Crippen LogP contribution is -2.25. The Morgan fingerprint density at radius 1 is 1.27 bits per heavy atom. The summed E-state index contributed by atoms with van der Waals surface area (Å²) in [6.45, 7) is 3.82. The van der Waals surface area contributed by atoms with Gasteiger partial charge < -0.3 is 4.90 Å². The molecular weight excluding hydrogens is 354 g/mol. The highest BCUT2D eigenvalue weighted by Crippen LogP contribution is 2.32. The molecule has 0 aliphatic carbocycles. The lowest BCUT2D eigenvalue weighted by atomic mass is 10.0. The molecule has 1 aromatic carbocycles. The number of sulfonamides is 1. The van der Waals surface area contributed by atoms with E-state index in [0.717, 1.165) is 28.8 Å². The summed E-state index contributed by atoms with van der Waals surface area (Å²) in [7, 11) is -3.90. The monoisotopic (exact) mass is 371 g/mol. The van der Waals surface area contributed by atoms with Crippen LogP contribution in [0.25, 0.3) is 16.8 Å². The maximum atomic E-state index is 11.7. The zero-order valence-corrected chi connectivity index (χ0v) is 15.1. The summed E-state index contributed by atoms with van der Waals surface area (Å²) < 4.78 is 24.9. The predicted molar refractivity (Wildman–Crippen MR) is 96.3 cm³/mol. The molecule has 0 saturated carbocycles. The maximum Gasteiger partial charge on any atom is 0.243 e. The second-order valence-corrected chi connectivity index (χ2v) is 7.83. The van der Waals surface area contributed by atoms with E-state index < -0.39 is 10.0 Å². The van der Waals surface area contributed by atoms with Gasteiger partial charge in [-0.05, 0) is 36.6 Å². The molecule has 9 heteroatoms. The first-order valence-electron chi connectivity index (χ1n) is 8.05. The fourth-order valence-corrected chi connectivity index (χ4v) is 4.27. The van der Waals surface area contributed by atoms with Gasteiger partial charge in [0.05, 0.1) is 5.69 Å². The van der Waals surface area contributed by atoms with Gasteiger partial charge in [0, 0.05) is 37.1 Å². The van der Waals surface area contributed by atoms with Crippen LogP contribution in [0.2, 0.25) is 0 Å². The second kappa shape index (κ2) is 5.61. The SMILES string of the molecule is CC(=O)N1CCc2cc(-c3cnc4c(S(N)(=O)=O)c(C)nn4c3)ccc21. The van der Waals surface area contributed by atoms with Crippen LogP contribution < -0.4 is 10.0 Å². The summed E-state index contributed by atoms with van der Waals surface area (Å²) in [4.78, 5) is 17.6. The number of aromatic nitrogens is 3. The molecule has 8 nitrogen and oxygen atoms in total. The minimum Gasteiger partial charge on any atom is -0.312 e. The Kier molecular flexibility index (Phi) is 3.60. The number of carbonyl (C=O) groups excluding carboxylic acids is 1. The summed E-state index contributed by atoms with van der Waals surface area (Å²) in [5.41, 5.74) is 4.26. The van der Waals surface area contributed by atoms with Gasteiger partial charge in [0.15, 0.2) is 5.65 Å². The van der Waals surface area contributed by atoms with Crippen molar-refractivity contribution in [1.29, 1.82) is 0 Å². The lowest BCUT2D eigenvalue weighted by Gasteiger charge is -2.14. The number of hydrogen-bond donors (Lipinski definition) is 1. The predicted octanol–water partition coefficient (Wildman–Crippen LogP) is 1.26. The van der Waals surface area contributed by atoms with Crippen LogP contribution in [0.3, 0.4) is 0 Å². The van der Waals surface area contributed by atoms with Gasteiger partial charge in [-0.3, -0.25) is 4.79 Å². The second-order valence-electron chi connectivity index (χ2n) is 6.33. The molecule has 3 heterocycles. The third-order valence-electron chi connectivity index (χ3n) is 4.57. The lowest BCUT2D eigenvalue weighted by molar-refractivity contribution is -0.116. The smallest absolute Gasteiger partial charge is 0.243 e. The number of nitrogens with zero attached hydrogens (tertiary/aromatic N) is 4. The Balaban J connectivity index is 1.80. The molecule has 1 amide bonds. The Hall–Kier alpha value is -2.78. The number of primary sulfonamides is 1. The number of rotatable bonds is 2. The van der Waals surface area contributed by atoms with Crippen molar-refractivity contribution >= 4 is 27.3 Å². The van der Waals surface area contributed by atoms with Gasteiger partial charge in [-0.15, -0.1) is 0 Å². The first-order chi connectivity index (χ1) is 12.3. The molecule has 0 bridgehead atoms. The van der Waals surface area contributed by atoms with E-state index >= 15 is 0 Å². The van der Waals surface area contributed by atoms with Crippen molar-refractivity contribution in [3.63, 3.8) is 0 Å². The molecule has 3 aromatic rings. The van der Waals surface area contributed by atoms with Crippen molar-refractivity contribution in [3.8, 4) is 11.1 Å². The molecule has 0 atom stereocenters. The Labute approximate surface area is 150 Å². The quantitative estimate of drug-likeness (QED) is 0.729. The number of carbonyl (C=O) groups is 1. The number of nitrogens with two attached hydrogens (primary N) is 1. The Bertz CT molecular complexity index is 1170. The standard InChI is InChI=1S/C17H17N5O3S/c1-10-16(26(18,24)25)17-19-8-14(9-22(17)20-10)12-3-4-15-13(7-12)5-6-21(15)11(2)23/h3-4,7-9H,5-6H2,1-2H3,(H2,18,24,25). The van der Waals surface area contributed by atoms with Crippen molar-refractivity contribution in [2.75, 3.05) is 11.4 Å². The van der Waals surface area contributed by atoms with Crippen molar-refractivity contribution in [2.45, 2.75) is 25.2 Å². The van der Waals surface area contributed by atoms with E-state index in [1.54, 1.807) is 31.1 Å². The normalized spacial score (nSPS) is 14.0. The molecular formula is C17H17N5O3S. The number of benzene rings is 1.